The highest BCUT2D eigenvalue weighted by atomic mass is 19.4. The van der Waals surface area contributed by atoms with Crippen LogP contribution >= 0.6 is 0 Å². The van der Waals surface area contributed by atoms with Crippen LogP contribution < -0.4 is 0 Å². The zero-order valence-corrected chi connectivity index (χ0v) is 9.03. The Bertz CT molecular complexity index is 300. The third kappa shape index (κ3) is 1.95. The third-order valence-electron chi connectivity index (χ3n) is 3.43. The van der Waals surface area contributed by atoms with Crippen LogP contribution in [-0.4, -0.2) is 50.6 Å². The monoisotopic (exact) mass is 254 g/mol. The van der Waals surface area contributed by atoms with E-state index in [1.54, 1.807) is 0 Å². The van der Waals surface area contributed by atoms with Gasteiger partial charge in [-0.05, 0) is 0 Å². The van der Waals surface area contributed by atoms with Crippen LogP contribution in [0.1, 0.15) is 6.42 Å². The van der Waals surface area contributed by atoms with Gasteiger partial charge in [0.25, 0.3) is 0 Å². The van der Waals surface area contributed by atoms with E-state index in [4.69, 9.17) is 18.9 Å². The van der Waals surface area contributed by atoms with Gasteiger partial charge in [-0.1, -0.05) is 0 Å². The van der Waals surface area contributed by atoms with Gasteiger partial charge in [0, 0.05) is 5.92 Å². The Morgan fingerprint density at radius 1 is 1.12 bits per heavy atom. The largest absolute Gasteiger partial charge is 0.389 e. The average Bonchev–Trinajstić information content (AvgIpc) is 2.87. The lowest BCUT2D eigenvalue weighted by Crippen LogP contribution is -2.44. The molecule has 0 aliphatic carbocycles. The molecule has 0 aromatic heterocycles. The van der Waals surface area contributed by atoms with Gasteiger partial charge in [0.2, 0.25) is 5.79 Å². The molecule has 3 saturated heterocycles. The Morgan fingerprint density at radius 2 is 1.82 bits per heavy atom. The molecule has 0 bridgehead atoms. The van der Waals surface area contributed by atoms with E-state index in [0.717, 1.165) is 0 Å². The SMILES string of the molecule is FC(F)(F)CC1COC2C1OCC21OCCO1. The summed E-state index contributed by atoms with van der Waals surface area (Å²) < 4.78 is 58.8. The standard InChI is InChI=1S/C10H13F3O4/c11-10(12,13)3-6-4-14-8-7(6)15-5-9(8)16-1-2-17-9/h6-8H,1-5H2. The first-order valence-electron chi connectivity index (χ1n) is 5.58. The molecule has 0 amide bonds. The molecule has 17 heavy (non-hydrogen) atoms. The molecule has 3 heterocycles. The fourth-order valence-electron chi connectivity index (χ4n) is 2.75. The van der Waals surface area contributed by atoms with Crippen LogP contribution in [-0.2, 0) is 18.9 Å². The predicted octanol–water partition coefficient (Wildman–Crippen LogP) is 1.10. The minimum atomic E-state index is -4.20. The second kappa shape index (κ2) is 3.81. The van der Waals surface area contributed by atoms with E-state index in [1.807, 2.05) is 0 Å². The summed E-state index contributed by atoms with van der Waals surface area (Å²) in [5.74, 6) is -1.63. The van der Waals surface area contributed by atoms with E-state index in [-0.39, 0.29) is 13.2 Å². The molecule has 3 atom stereocenters. The Kier molecular flexibility index (Phi) is 2.62. The number of alkyl halides is 3. The number of rotatable bonds is 1. The normalized spacial score (nSPS) is 40.1. The van der Waals surface area contributed by atoms with Crippen molar-refractivity contribution in [2.45, 2.75) is 30.6 Å². The molecule has 3 unspecified atom stereocenters. The number of hydrogen-bond acceptors (Lipinski definition) is 4. The maximum atomic E-state index is 12.4. The second-order valence-corrected chi connectivity index (χ2v) is 4.62. The second-order valence-electron chi connectivity index (χ2n) is 4.62. The van der Waals surface area contributed by atoms with Crippen molar-refractivity contribution in [2.24, 2.45) is 5.92 Å². The molecule has 0 saturated carbocycles. The van der Waals surface area contributed by atoms with Gasteiger partial charge in [0.15, 0.2) is 0 Å². The van der Waals surface area contributed by atoms with Gasteiger partial charge in [-0.25, -0.2) is 0 Å². The summed E-state index contributed by atoms with van der Waals surface area (Å²) >= 11 is 0. The summed E-state index contributed by atoms with van der Waals surface area (Å²) in [7, 11) is 0. The lowest BCUT2D eigenvalue weighted by molar-refractivity contribution is -0.207. The van der Waals surface area contributed by atoms with Gasteiger partial charge in [-0.3, -0.25) is 0 Å². The smallest absolute Gasteiger partial charge is 0.369 e. The Labute approximate surface area is 96.0 Å². The van der Waals surface area contributed by atoms with E-state index in [0.29, 0.717) is 13.2 Å². The number of halogens is 3. The summed E-state index contributed by atoms with van der Waals surface area (Å²) in [6.07, 6.45) is -6.18. The molecule has 1 spiro atoms. The van der Waals surface area contributed by atoms with Gasteiger partial charge >= 0.3 is 6.18 Å². The maximum absolute atomic E-state index is 12.4. The van der Waals surface area contributed by atoms with Crippen LogP contribution in [0.15, 0.2) is 0 Å². The van der Waals surface area contributed by atoms with E-state index in [1.165, 1.54) is 0 Å². The molecule has 0 N–H and O–H groups in total. The number of ether oxygens (including phenoxy) is 4. The molecule has 3 aliphatic rings. The Morgan fingerprint density at radius 3 is 2.47 bits per heavy atom. The molecule has 3 rings (SSSR count). The lowest BCUT2D eigenvalue weighted by Gasteiger charge is -2.25. The first-order chi connectivity index (χ1) is 8.00. The topological polar surface area (TPSA) is 36.9 Å². The fourth-order valence-corrected chi connectivity index (χ4v) is 2.75. The summed E-state index contributed by atoms with van der Waals surface area (Å²) in [5, 5.41) is 0. The van der Waals surface area contributed by atoms with Gasteiger partial charge in [-0.2, -0.15) is 13.2 Å². The summed E-state index contributed by atoms with van der Waals surface area (Å²) in [5.41, 5.74) is 0. The third-order valence-corrected chi connectivity index (χ3v) is 3.43. The Balaban J connectivity index is 1.71. The van der Waals surface area contributed by atoms with E-state index in [9.17, 15) is 13.2 Å². The van der Waals surface area contributed by atoms with Gasteiger partial charge < -0.3 is 18.9 Å². The van der Waals surface area contributed by atoms with Crippen molar-refractivity contribution in [3.63, 3.8) is 0 Å². The zero-order valence-electron chi connectivity index (χ0n) is 9.03. The van der Waals surface area contributed by atoms with Crippen molar-refractivity contribution >= 4 is 0 Å². The molecular weight excluding hydrogens is 241 g/mol. The minimum absolute atomic E-state index is 0.0450. The van der Waals surface area contributed by atoms with Crippen LogP contribution in [0.2, 0.25) is 0 Å². The van der Waals surface area contributed by atoms with E-state index in [2.05, 4.69) is 0 Å². The maximum Gasteiger partial charge on any atom is 0.389 e. The molecule has 3 fully saturated rings. The molecule has 0 aromatic rings. The summed E-state index contributed by atoms with van der Waals surface area (Å²) in [6.45, 7) is 1.06. The predicted molar refractivity (Wildman–Crippen MR) is 48.3 cm³/mol. The van der Waals surface area contributed by atoms with Crippen molar-refractivity contribution in [1.82, 2.24) is 0 Å². The first-order valence-corrected chi connectivity index (χ1v) is 5.58. The van der Waals surface area contributed by atoms with Gasteiger partial charge in [0.1, 0.15) is 12.7 Å². The van der Waals surface area contributed by atoms with Crippen molar-refractivity contribution in [2.75, 3.05) is 26.4 Å². The lowest BCUT2D eigenvalue weighted by atomic mass is 9.96. The Hall–Kier alpha value is -0.370. The van der Waals surface area contributed by atoms with Crippen LogP contribution in [0, 0.1) is 5.92 Å². The first kappa shape index (κ1) is 11.7. The molecule has 7 heteroatoms. The van der Waals surface area contributed by atoms with Crippen molar-refractivity contribution in [3.8, 4) is 0 Å². The van der Waals surface area contributed by atoms with Crippen LogP contribution in [0.25, 0.3) is 0 Å². The van der Waals surface area contributed by atoms with Crippen LogP contribution in [0.4, 0.5) is 13.2 Å². The van der Waals surface area contributed by atoms with Crippen LogP contribution in [0.5, 0.6) is 0 Å². The zero-order chi connectivity index (χ0) is 12.1. The molecule has 0 aromatic carbocycles. The van der Waals surface area contributed by atoms with E-state index < -0.39 is 36.5 Å². The van der Waals surface area contributed by atoms with Crippen molar-refractivity contribution in [1.29, 1.82) is 0 Å². The highest BCUT2D eigenvalue weighted by molar-refractivity contribution is 5.01. The summed E-state index contributed by atoms with van der Waals surface area (Å²) in [4.78, 5) is 0. The molecule has 4 nitrogen and oxygen atoms in total. The number of hydrogen-bond donors (Lipinski definition) is 0. The molecule has 98 valence electrons. The average molecular weight is 254 g/mol. The van der Waals surface area contributed by atoms with Crippen LogP contribution in [0.3, 0.4) is 0 Å². The molecular formula is C10H13F3O4. The fraction of sp³-hybridized carbons (Fsp3) is 1.00. The molecule has 3 aliphatic heterocycles. The minimum Gasteiger partial charge on any atom is -0.369 e. The summed E-state index contributed by atoms with van der Waals surface area (Å²) in [6, 6.07) is 0. The van der Waals surface area contributed by atoms with Gasteiger partial charge in [0.05, 0.1) is 32.3 Å². The van der Waals surface area contributed by atoms with E-state index >= 15 is 0 Å². The molecule has 0 radical (unpaired) electrons. The van der Waals surface area contributed by atoms with Crippen molar-refractivity contribution < 1.29 is 32.1 Å². The van der Waals surface area contributed by atoms with Crippen molar-refractivity contribution in [3.05, 3.63) is 0 Å². The highest BCUT2D eigenvalue weighted by Crippen LogP contribution is 2.44. The highest BCUT2D eigenvalue weighted by Gasteiger charge is 2.61. The number of fused-ring (bicyclic) bond motifs is 2. The van der Waals surface area contributed by atoms with Gasteiger partial charge in [-0.15, -0.1) is 0 Å². The quantitative estimate of drug-likeness (QED) is 0.702.